The van der Waals surface area contributed by atoms with E-state index >= 15 is 0 Å². The van der Waals surface area contributed by atoms with E-state index in [9.17, 15) is 22.8 Å². The van der Waals surface area contributed by atoms with Crippen molar-refractivity contribution in [1.82, 2.24) is 0 Å². The lowest BCUT2D eigenvalue weighted by molar-refractivity contribution is -0.137. The second kappa shape index (κ2) is 9.04. The molecular weight excluding hydrogens is 451 g/mol. The minimum atomic E-state index is -4.48. The lowest BCUT2D eigenvalue weighted by atomic mass is 9.76. The molecule has 1 heterocycles. The molecule has 4 rings (SSSR count). The Morgan fingerprint density at radius 3 is 2.15 bits per heavy atom. The van der Waals surface area contributed by atoms with E-state index in [2.05, 4.69) is 0 Å². The number of carbonyl (C=O) groups is 2. The Kier molecular flexibility index (Phi) is 6.29. The Balaban J connectivity index is 1.85. The van der Waals surface area contributed by atoms with E-state index < -0.39 is 17.7 Å². The SMILES string of the molecule is COc1ccc(C2CC(=O)N(c3ccc(C(F)(F)F)cc3)C3=C2C(=O)CCC3)c(OC)c1OC. The normalized spacial score (nSPS) is 18.6. The van der Waals surface area contributed by atoms with E-state index in [4.69, 9.17) is 14.2 Å². The number of ketones is 1. The topological polar surface area (TPSA) is 65.1 Å². The van der Waals surface area contributed by atoms with Crippen LogP contribution in [-0.4, -0.2) is 33.0 Å². The molecule has 0 saturated heterocycles. The molecule has 2 aliphatic rings. The molecule has 1 aliphatic heterocycles. The van der Waals surface area contributed by atoms with Crippen LogP contribution in [0.3, 0.4) is 0 Å². The van der Waals surface area contributed by atoms with E-state index in [1.165, 1.54) is 38.4 Å². The lowest BCUT2D eigenvalue weighted by Gasteiger charge is -2.38. The van der Waals surface area contributed by atoms with Crippen LogP contribution in [0.2, 0.25) is 0 Å². The van der Waals surface area contributed by atoms with Gasteiger partial charge in [0.05, 0.1) is 26.9 Å². The van der Waals surface area contributed by atoms with Gasteiger partial charge in [-0.15, -0.1) is 0 Å². The van der Waals surface area contributed by atoms with Crippen molar-refractivity contribution in [3.05, 3.63) is 58.8 Å². The summed E-state index contributed by atoms with van der Waals surface area (Å²) in [5.74, 6) is 0.192. The number of carbonyl (C=O) groups excluding carboxylic acids is 2. The van der Waals surface area contributed by atoms with E-state index in [-0.39, 0.29) is 18.1 Å². The molecule has 180 valence electrons. The number of methoxy groups -OCH3 is 3. The summed E-state index contributed by atoms with van der Waals surface area (Å²) in [6.07, 6.45) is -3.18. The van der Waals surface area contributed by atoms with Crippen molar-refractivity contribution in [1.29, 1.82) is 0 Å². The smallest absolute Gasteiger partial charge is 0.416 e. The van der Waals surface area contributed by atoms with Gasteiger partial charge in [0.15, 0.2) is 17.3 Å². The number of nitrogens with zero attached hydrogens (tertiary/aromatic N) is 1. The second-order valence-corrected chi connectivity index (χ2v) is 8.09. The number of rotatable bonds is 5. The Morgan fingerprint density at radius 2 is 1.56 bits per heavy atom. The molecule has 0 bridgehead atoms. The van der Waals surface area contributed by atoms with Crippen LogP contribution in [0.5, 0.6) is 17.2 Å². The number of amides is 1. The van der Waals surface area contributed by atoms with Gasteiger partial charge in [-0.3, -0.25) is 14.5 Å². The van der Waals surface area contributed by atoms with Crippen molar-refractivity contribution in [2.45, 2.75) is 37.8 Å². The molecule has 1 unspecified atom stereocenters. The first-order valence-electron chi connectivity index (χ1n) is 10.8. The molecule has 6 nitrogen and oxygen atoms in total. The molecule has 34 heavy (non-hydrogen) atoms. The Morgan fingerprint density at radius 1 is 0.882 bits per heavy atom. The van der Waals surface area contributed by atoms with E-state index in [1.54, 1.807) is 12.1 Å². The van der Waals surface area contributed by atoms with Gasteiger partial charge in [0.1, 0.15) is 0 Å². The van der Waals surface area contributed by atoms with Crippen LogP contribution in [0.25, 0.3) is 0 Å². The molecule has 1 aliphatic carbocycles. The summed E-state index contributed by atoms with van der Waals surface area (Å²) in [6, 6.07) is 7.85. The minimum Gasteiger partial charge on any atom is -0.493 e. The maximum atomic E-state index is 13.4. The third-order valence-electron chi connectivity index (χ3n) is 6.24. The van der Waals surface area contributed by atoms with Crippen molar-refractivity contribution >= 4 is 17.4 Å². The first-order valence-corrected chi connectivity index (χ1v) is 10.8. The van der Waals surface area contributed by atoms with Gasteiger partial charge in [-0.2, -0.15) is 13.2 Å². The first kappa shape index (κ1) is 23.7. The summed E-state index contributed by atoms with van der Waals surface area (Å²) < 4.78 is 55.5. The van der Waals surface area contributed by atoms with Gasteiger partial charge >= 0.3 is 6.18 Å². The third kappa shape index (κ3) is 3.99. The summed E-state index contributed by atoms with van der Waals surface area (Å²) in [6.45, 7) is 0. The predicted octanol–water partition coefficient (Wildman–Crippen LogP) is 5.26. The number of hydrogen-bond acceptors (Lipinski definition) is 5. The first-order chi connectivity index (χ1) is 16.2. The van der Waals surface area contributed by atoms with Crippen molar-refractivity contribution < 1.29 is 37.0 Å². The molecule has 0 aromatic heterocycles. The van der Waals surface area contributed by atoms with Crippen molar-refractivity contribution in [3.63, 3.8) is 0 Å². The zero-order valence-electron chi connectivity index (χ0n) is 19.0. The van der Waals surface area contributed by atoms with Crippen molar-refractivity contribution in [2.24, 2.45) is 0 Å². The maximum Gasteiger partial charge on any atom is 0.416 e. The van der Waals surface area contributed by atoms with Crippen LogP contribution in [-0.2, 0) is 15.8 Å². The number of benzene rings is 2. The number of halogens is 3. The highest BCUT2D eigenvalue weighted by Gasteiger charge is 2.41. The number of anilines is 1. The number of hydrogen-bond donors (Lipinski definition) is 0. The molecular formula is C25H24F3NO5. The summed E-state index contributed by atoms with van der Waals surface area (Å²) >= 11 is 0. The lowest BCUT2D eigenvalue weighted by Crippen LogP contribution is -2.40. The van der Waals surface area contributed by atoms with Crippen molar-refractivity contribution in [3.8, 4) is 17.2 Å². The fourth-order valence-electron chi connectivity index (χ4n) is 4.76. The molecule has 1 atom stereocenters. The van der Waals surface area contributed by atoms with Gasteiger partial charge in [0.2, 0.25) is 11.7 Å². The number of alkyl halides is 3. The van der Waals surface area contributed by atoms with Gasteiger partial charge in [-0.25, -0.2) is 0 Å². The third-order valence-corrected chi connectivity index (χ3v) is 6.24. The Bertz CT molecular complexity index is 1150. The predicted molar refractivity (Wildman–Crippen MR) is 118 cm³/mol. The van der Waals surface area contributed by atoms with Gasteiger partial charge in [0.25, 0.3) is 0 Å². The number of Topliss-reactive ketones (excluding diaryl/α,β-unsaturated/α-hetero) is 1. The average Bonchev–Trinajstić information content (AvgIpc) is 2.82. The summed E-state index contributed by atoms with van der Waals surface area (Å²) in [5, 5.41) is 0. The van der Waals surface area contributed by atoms with Crippen LogP contribution in [0.4, 0.5) is 18.9 Å². The maximum absolute atomic E-state index is 13.4. The molecule has 0 saturated carbocycles. The van der Waals surface area contributed by atoms with Gasteiger partial charge < -0.3 is 14.2 Å². The highest BCUT2D eigenvalue weighted by Crippen LogP contribution is 2.49. The van der Waals surface area contributed by atoms with E-state index in [1.807, 2.05) is 0 Å². The Labute approximate surface area is 194 Å². The molecule has 0 spiro atoms. The quantitative estimate of drug-likeness (QED) is 0.591. The fourth-order valence-corrected chi connectivity index (χ4v) is 4.76. The summed E-state index contributed by atoms with van der Waals surface area (Å²) in [4.78, 5) is 27.9. The van der Waals surface area contributed by atoms with Gasteiger partial charge in [-0.05, 0) is 43.2 Å². The fraction of sp³-hybridized carbons (Fsp3) is 0.360. The zero-order valence-corrected chi connectivity index (χ0v) is 19.0. The van der Waals surface area contributed by atoms with Crippen LogP contribution >= 0.6 is 0 Å². The van der Waals surface area contributed by atoms with Crippen molar-refractivity contribution in [2.75, 3.05) is 26.2 Å². The minimum absolute atomic E-state index is 0.0442. The summed E-state index contributed by atoms with van der Waals surface area (Å²) in [5.41, 5.74) is 1.12. The molecule has 0 radical (unpaired) electrons. The second-order valence-electron chi connectivity index (χ2n) is 8.09. The van der Waals surface area contributed by atoms with Gasteiger partial charge in [0, 0.05) is 41.3 Å². The highest BCUT2D eigenvalue weighted by atomic mass is 19.4. The van der Waals surface area contributed by atoms with Crippen LogP contribution < -0.4 is 19.1 Å². The molecule has 1 amide bonds. The number of allylic oxidation sites excluding steroid dienone is 2. The van der Waals surface area contributed by atoms with Crippen LogP contribution in [0.15, 0.2) is 47.7 Å². The van der Waals surface area contributed by atoms with E-state index in [0.717, 1.165) is 12.1 Å². The molecule has 2 aromatic carbocycles. The standard InChI is InChI=1S/C25H24F3NO5/c1-32-20-12-11-16(23(33-2)24(20)34-3)17-13-21(31)29(18-5-4-6-19(30)22(17)18)15-9-7-14(8-10-15)25(26,27)28/h7-12,17H,4-6,13H2,1-3H3. The molecule has 0 fully saturated rings. The van der Waals surface area contributed by atoms with Crippen LogP contribution in [0.1, 0.15) is 42.7 Å². The van der Waals surface area contributed by atoms with Crippen LogP contribution in [0, 0.1) is 0 Å². The monoisotopic (exact) mass is 475 g/mol. The largest absolute Gasteiger partial charge is 0.493 e. The number of ether oxygens (including phenoxy) is 3. The molecule has 9 heteroatoms. The Hall–Kier alpha value is -3.49. The average molecular weight is 475 g/mol. The van der Waals surface area contributed by atoms with E-state index in [0.29, 0.717) is 59.0 Å². The van der Waals surface area contributed by atoms with Gasteiger partial charge in [-0.1, -0.05) is 6.07 Å². The molecule has 0 N–H and O–H groups in total. The zero-order chi connectivity index (χ0) is 24.6. The summed E-state index contributed by atoms with van der Waals surface area (Å²) in [7, 11) is 4.44. The molecule has 2 aromatic rings. The highest BCUT2D eigenvalue weighted by molar-refractivity contribution is 6.07.